The quantitative estimate of drug-likeness (QED) is 0.250. The molecule has 0 spiro atoms. The molecular weight excluding hydrogens is 312 g/mol. The third-order valence-electron chi connectivity index (χ3n) is 4.53. The van der Waals surface area contributed by atoms with E-state index in [1.807, 2.05) is 0 Å². The summed E-state index contributed by atoms with van der Waals surface area (Å²) in [5.74, 6) is -0.817. The smallest absolute Gasteiger partial charge is 0.164 e. The van der Waals surface area contributed by atoms with Gasteiger partial charge in [0.2, 0.25) is 0 Å². The van der Waals surface area contributed by atoms with Crippen LogP contribution in [-0.2, 0) is 0 Å². The molecule has 6 heteroatoms. The normalized spacial score (nSPS) is 12.1. The summed E-state index contributed by atoms with van der Waals surface area (Å²) in [6.45, 7) is 0. The number of anilines is 1. The van der Waals surface area contributed by atoms with Crippen LogP contribution < -0.4 is 5.73 Å². The van der Waals surface area contributed by atoms with Gasteiger partial charge in [0, 0.05) is 32.6 Å². The molecule has 118 valence electrons. The van der Waals surface area contributed by atoms with Crippen LogP contribution in [-0.4, -0.2) is 15.1 Å². The van der Waals surface area contributed by atoms with Crippen molar-refractivity contribution < 1.29 is 13.9 Å². The van der Waals surface area contributed by atoms with Gasteiger partial charge in [-0.05, 0) is 36.4 Å². The van der Waals surface area contributed by atoms with Gasteiger partial charge in [0.1, 0.15) is 11.6 Å². The van der Waals surface area contributed by atoms with Gasteiger partial charge in [0.25, 0.3) is 0 Å². The first kappa shape index (κ1) is 13.2. The van der Waals surface area contributed by atoms with Gasteiger partial charge in [0.05, 0.1) is 16.7 Å². The maximum atomic E-state index is 13.7. The fraction of sp³-hybridized carbons (Fsp3) is 0. The van der Waals surface area contributed by atoms with Crippen molar-refractivity contribution in [3.63, 3.8) is 0 Å². The molecule has 2 heterocycles. The number of aromatic nitrogens is 2. The Labute approximate surface area is 133 Å². The minimum atomic E-state index is -0.396. The summed E-state index contributed by atoms with van der Waals surface area (Å²) in [5, 5.41) is 12.9. The van der Waals surface area contributed by atoms with E-state index in [2.05, 4.69) is 9.97 Å². The lowest BCUT2D eigenvalue weighted by molar-refractivity contribution is 0.486. The predicted octanol–water partition coefficient (Wildman–Crippen LogP) is 4.52. The zero-order valence-electron chi connectivity index (χ0n) is 12.2. The largest absolute Gasteiger partial charge is 0.504 e. The van der Waals surface area contributed by atoms with Crippen molar-refractivity contribution in [2.45, 2.75) is 0 Å². The van der Waals surface area contributed by atoms with E-state index in [-0.39, 0.29) is 5.75 Å². The molecule has 5 aromatic rings. The highest BCUT2D eigenvalue weighted by molar-refractivity contribution is 6.28. The molecule has 0 atom stereocenters. The molecule has 0 unspecified atom stereocenters. The second-order valence-corrected chi connectivity index (χ2v) is 5.89. The lowest BCUT2D eigenvalue weighted by Gasteiger charge is -2.04. The average molecular weight is 323 g/mol. The maximum absolute atomic E-state index is 13.7. The number of phenols is 1. The third-order valence-corrected chi connectivity index (χ3v) is 4.53. The first-order valence-electron chi connectivity index (χ1n) is 7.37. The van der Waals surface area contributed by atoms with E-state index in [1.165, 1.54) is 24.3 Å². The number of benzene rings is 3. The number of phenolic OH excluding ortho intramolecular Hbond substituents is 1. The minimum absolute atomic E-state index is 0.0255. The van der Waals surface area contributed by atoms with E-state index >= 15 is 0 Å². The van der Waals surface area contributed by atoms with Gasteiger partial charge < -0.3 is 20.8 Å². The number of fused-ring (bicyclic) bond motifs is 6. The van der Waals surface area contributed by atoms with Crippen LogP contribution in [0.1, 0.15) is 0 Å². The minimum Gasteiger partial charge on any atom is -0.504 e. The molecule has 5 N–H and O–H groups in total. The Morgan fingerprint density at radius 1 is 0.792 bits per heavy atom. The lowest BCUT2D eigenvalue weighted by atomic mass is 10.0. The Balaban J connectivity index is 2.12. The van der Waals surface area contributed by atoms with Gasteiger partial charge in [-0.3, -0.25) is 0 Å². The monoisotopic (exact) mass is 323 g/mol. The molecule has 5 rings (SSSR count). The van der Waals surface area contributed by atoms with Crippen LogP contribution in [0.5, 0.6) is 5.75 Å². The number of aromatic amines is 2. The van der Waals surface area contributed by atoms with E-state index in [0.717, 1.165) is 0 Å². The molecule has 0 saturated carbocycles. The molecule has 0 aliphatic heterocycles. The van der Waals surface area contributed by atoms with Crippen LogP contribution in [0, 0.1) is 11.6 Å². The molecule has 0 saturated heterocycles. The van der Waals surface area contributed by atoms with E-state index in [4.69, 9.17) is 5.73 Å². The average Bonchev–Trinajstić information content (AvgIpc) is 3.11. The van der Waals surface area contributed by atoms with Crippen LogP contribution in [0.25, 0.3) is 43.6 Å². The molecule has 0 amide bonds. The Morgan fingerprint density at radius 3 is 1.71 bits per heavy atom. The maximum Gasteiger partial charge on any atom is 0.164 e. The molecule has 0 bridgehead atoms. The Hall–Kier alpha value is -3.28. The molecule has 0 radical (unpaired) electrons. The highest BCUT2D eigenvalue weighted by atomic mass is 19.1. The first-order valence-corrected chi connectivity index (χ1v) is 7.37. The zero-order valence-corrected chi connectivity index (χ0v) is 12.2. The van der Waals surface area contributed by atoms with Crippen LogP contribution in [0.2, 0.25) is 0 Å². The van der Waals surface area contributed by atoms with Crippen molar-refractivity contribution in [3.05, 3.63) is 48.0 Å². The first-order chi connectivity index (χ1) is 11.5. The molecule has 4 nitrogen and oxygen atoms in total. The highest BCUT2D eigenvalue weighted by Gasteiger charge is 2.20. The van der Waals surface area contributed by atoms with Crippen molar-refractivity contribution >= 4 is 49.3 Å². The number of H-pyrrole nitrogens is 2. The van der Waals surface area contributed by atoms with Gasteiger partial charge in [-0.1, -0.05) is 0 Å². The van der Waals surface area contributed by atoms with Gasteiger partial charge in [-0.25, -0.2) is 8.78 Å². The summed E-state index contributed by atoms with van der Waals surface area (Å²) in [6.07, 6.45) is 0. The van der Waals surface area contributed by atoms with Crippen molar-refractivity contribution in [3.8, 4) is 5.75 Å². The Bertz CT molecular complexity index is 1200. The fourth-order valence-corrected chi connectivity index (χ4v) is 3.49. The number of halogens is 2. The van der Waals surface area contributed by atoms with E-state index in [1.54, 1.807) is 12.1 Å². The zero-order chi connectivity index (χ0) is 16.6. The topological polar surface area (TPSA) is 77.8 Å². The van der Waals surface area contributed by atoms with Crippen LogP contribution >= 0.6 is 0 Å². The van der Waals surface area contributed by atoms with Crippen LogP contribution in [0.3, 0.4) is 0 Å². The summed E-state index contributed by atoms with van der Waals surface area (Å²) in [4.78, 5) is 6.14. The van der Waals surface area contributed by atoms with E-state index < -0.39 is 11.6 Å². The van der Waals surface area contributed by atoms with Crippen molar-refractivity contribution in [1.82, 2.24) is 9.97 Å². The van der Waals surface area contributed by atoms with Crippen molar-refractivity contribution in [1.29, 1.82) is 0 Å². The van der Waals surface area contributed by atoms with Gasteiger partial charge in [-0.2, -0.15) is 0 Å². The fourth-order valence-electron chi connectivity index (χ4n) is 3.49. The third kappa shape index (κ3) is 1.49. The Kier molecular flexibility index (Phi) is 2.29. The SMILES string of the molecule is Nc1c2c([nH]c3ccc(F)cc32)c(O)c2[nH]c3ccc(F)cc3c12. The van der Waals surface area contributed by atoms with E-state index in [9.17, 15) is 13.9 Å². The van der Waals surface area contributed by atoms with Gasteiger partial charge in [-0.15, -0.1) is 0 Å². The summed E-state index contributed by atoms with van der Waals surface area (Å²) in [5.41, 5.74) is 8.89. The molecule has 0 fully saturated rings. The molecule has 2 aromatic heterocycles. The molecule has 0 aliphatic carbocycles. The van der Waals surface area contributed by atoms with Crippen molar-refractivity contribution in [2.24, 2.45) is 0 Å². The summed E-state index contributed by atoms with van der Waals surface area (Å²) >= 11 is 0. The lowest BCUT2D eigenvalue weighted by Crippen LogP contribution is -1.88. The molecule has 0 aliphatic rings. The molecule has 24 heavy (non-hydrogen) atoms. The number of aromatic hydroxyl groups is 1. The van der Waals surface area contributed by atoms with Gasteiger partial charge >= 0.3 is 0 Å². The number of hydrogen-bond acceptors (Lipinski definition) is 2. The predicted molar refractivity (Wildman–Crippen MR) is 91.2 cm³/mol. The van der Waals surface area contributed by atoms with Gasteiger partial charge in [0.15, 0.2) is 5.75 Å². The number of nitrogens with one attached hydrogen (secondary N) is 2. The van der Waals surface area contributed by atoms with Crippen LogP contribution in [0.15, 0.2) is 36.4 Å². The standard InChI is InChI=1S/C18H11F2N3O/c19-7-1-3-11-9(5-7)13-15(21)14-10-6-8(20)2-4-12(10)23-17(14)18(24)16(13)22-11/h1-6,22-24H,21H2. The van der Waals surface area contributed by atoms with Crippen molar-refractivity contribution in [2.75, 3.05) is 5.73 Å². The molecular formula is C18H11F2N3O. The highest BCUT2D eigenvalue weighted by Crippen LogP contribution is 2.45. The summed E-state index contributed by atoms with van der Waals surface area (Å²) in [7, 11) is 0. The number of hydrogen-bond donors (Lipinski definition) is 4. The molecule has 3 aromatic carbocycles. The Morgan fingerprint density at radius 2 is 1.25 bits per heavy atom. The number of rotatable bonds is 0. The second kappa shape index (κ2) is 4.17. The van der Waals surface area contributed by atoms with E-state index in [0.29, 0.717) is 49.3 Å². The second-order valence-electron chi connectivity index (χ2n) is 5.89. The van der Waals surface area contributed by atoms with Crippen LogP contribution in [0.4, 0.5) is 14.5 Å². The summed E-state index contributed by atoms with van der Waals surface area (Å²) < 4.78 is 27.3. The number of nitrogens with two attached hydrogens (primary N) is 1. The number of nitrogen functional groups attached to an aromatic ring is 1. The summed E-state index contributed by atoms with van der Waals surface area (Å²) in [6, 6.07) is 8.59.